The van der Waals surface area contributed by atoms with E-state index in [2.05, 4.69) is 9.71 Å². The third-order valence-electron chi connectivity index (χ3n) is 5.89. The van der Waals surface area contributed by atoms with Crippen LogP contribution in [0.3, 0.4) is 0 Å². The molecule has 32 heavy (non-hydrogen) atoms. The maximum absolute atomic E-state index is 14.1. The summed E-state index contributed by atoms with van der Waals surface area (Å²) in [7, 11) is -3.58. The number of anilines is 1. The molecule has 4 N–H and O–H groups in total. The van der Waals surface area contributed by atoms with Gasteiger partial charge in [-0.25, -0.2) is 4.39 Å². The van der Waals surface area contributed by atoms with Crippen LogP contribution in [0.15, 0.2) is 57.3 Å². The molecule has 0 unspecified atom stereocenters. The number of hydrogen-bond donors (Lipinski definition) is 4. The second-order valence-electron chi connectivity index (χ2n) is 7.90. The van der Waals surface area contributed by atoms with Gasteiger partial charge in [-0.2, -0.15) is 0 Å². The van der Waals surface area contributed by atoms with Crippen LogP contribution in [0.4, 0.5) is 10.1 Å². The maximum atomic E-state index is 14.1. The SMILES string of the molecule is CCCC1(CCC)C(=O)C(C2=NS(O)(O)c3ccccc3N2)=C(O)c2cc(F)ccc21.[NaH]. The molecule has 1 aliphatic heterocycles. The zero-order valence-corrected chi connectivity index (χ0v) is 18.2. The first-order valence-corrected chi connectivity index (χ1v) is 11.8. The molecule has 166 valence electrons. The van der Waals surface area contributed by atoms with Crippen molar-refractivity contribution in [1.82, 2.24) is 0 Å². The number of carbonyl (C=O) groups is 1. The van der Waals surface area contributed by atoms with Gasteiger partial charge in [0.2, 0.25) is 0 Å². The number of hydrogen-bond acceptors (Lipinski definition) is 6. The number of para-hydroxylation sites is 1. The van der Waals surface area contributed by atoms with E-state index in [1.165, 1.54) is 18.2 Å². The number of fused-ring (bicyclic) bond motifs is 2. The molecule has 6 nitrogen and oxygen atoms in total. The van der Waals surface area contributed by atoms with Crippen molar-refractivity contribution >= 4 is 63.4 Å². The standard InChI is InChI=1S/C23H25FN2O4S.Na.H/c1-3-11-23(12-4-2)16-10-9-14(24)13-15(16)20(27)19(21(23)28)22-25-17-7-5-6-8-18(17)31(29,30)26-22;;/h5-10,13,27,29-30H,3-4,11-12H2,1-2H3,(H,25,26);;. The molecule has 0 radical (unpaired) electrons. The van der Waals surface area contributed by atoms with E-state index in [4.69, 9.17) is 0 Å². The first-order chi connectivity index (χ1) is 14.7. The quantitative estimate of drug-likeness (QED) is 0.439. The molecule has 0 bridgehead atoms. The fourth-order valence-electron chi connectivity index (χ4n) is 4.67. The van der Waals surface area contributed by atoms with E-state index in [9.17, 15) is 23.4 Å². The van der Waals surface area contributed by atoms with Gasteiger partial charge in [0.15, 0.2) is 11.6 Å². The number of Topliss-reactive ketones (excluding diaryl/α,β-unsaturated/α-hetero) is 1. The van der Waals surface area contributed by atoms with Gasteiger partial charge in [-0.15, -0.1) is 4.40 Å². The molecule has 0 spiro atoms. The van der Waals surface area contributed by atoms with Crippen molar-refractivity contribution in [2.45, 2.75) is 49.8 Å². The Labute approximate surface area is 210 Å². The first-order valence-electron chi connectivity index (χ1n) is 10.3. The molecule has 2 aromatic rings. The molecule has 0 saturated carbocycles. The number of amidine groups is 1. The fraction of sp³-hybridized carbons (Fsp3) is 0.304. The molecule has 0 aromatic heterocycles. The molecule has 0 amide bonds. The van der Waals surface area contributed by atoms with Crippen molar-refractivity contribution in [3.05, 3.63) is 65.0 Å². The van der Waals surface area contributed by atoms with Gasteiger partial charge >= 0.3 is 29.6 Å². The number of carbonyl (C=O) groups excluding carboxylic acids is 1. The van der Waals surface area contributed by atoms with Gasteiger partial charge in [0.05, 0.1) is 11.1 Å². The topological polar surface area (TPSA) is 102 Å². The number of aliphatic hydroxyl groups is 1. The summed E-state index contributed by atoms with van der Waals surface area (Å²) in [6, 6.07) is 10.6. The zero-order valence-electron chi connectivity index (χ0n) is 17.4. The van der Waals surface area contributed by atoms with Crippen LogP contribution in [0.25, 0.3) is 5.76 Å². The summed E-state index contributed by atoms with van der Waals surface area (Å²) in [6.45, 7) is 3.93. The summed E-state index contributed by atoms with van der Waals surface area (Å²) >= 11 is 0. The summed E-state index contributed by atoms with van der Waals surface area (Å²) in [5.41, 5.74) is 0.110. The van der Waals surface area contributed by atoms with E-state index in [1.807, 2.05) is 13.8 Å². The number of halogens is 1. The number of nitrogens with one attached hydrogen (secondary N) is 1. The van der Waals surface area contributed by atoms with E-state index in [0.29, 0.717) is 36.9 Å². The minimum atomic E-state index is -3.58. The summed E-state index contributed by atoms with van der Waals surface area (Å²) in [4.78, 5) is 14.1. The molecular formula is C23H26FN2NaO4S. The number of benzene rings is 2. The average Bonchev–Trinajstić information content (AvgIpc) is 2.72. The molecule has 9 heteroatoms. The molecule has 2 aliphatic rings. The third kappa shape index (κ3) is 3.93. The summed E-state index contributed by atoms with van der Waals surface area (Å²) in [5.74, 6) is -1.42. The van der Waals surface area contributed by atoms with E-state index < -0.39 is 27.8 Å². The number of ketones is 1. The van der Waals surface area contributed by atoms with E-state index in [1.54, 1.807) is 24.3 Å². The van der Waals surface area contributed by atoms with E-state index in [-0.39, 0.29) is 57.2 Å². The molecule has 0 atom stereocenters. The Morgan fingerprint density at radius 1 is 1.09 bits per heavy atom. The van der Waals surface area contributed by atoms with Gasteiger partial charge in [0.25, 0.3) is 0 Å². The van der Waals surface area contributed by atoms with Crippen LogP contribution in [0.5, 0.6) is 0 Å². The minimum absolute atomic E-state index is 0. The molecule has 2 aromatic carbocycles. The Hall–Kier alpha value is -1.68. The molecule has 1 aliphatic carbocycles. The van der Waals surface area contributed by atoms with Crippen LogP contribution in [0, 0.1) is 5.82 Å². The second-order valence-corrected chi connectivity index (χ2v) is 9.56. The molecule has 4 rings (SSSR count). The van der Waals surface area contributed by atoms with Gasteiger partial charge < -0.3 is 10.4 Å². The summed E-state index contributed by atoms with van der Waals surface area (Å²) in [5, 5.41) is 14.0. The van der Waals surface area contributed by atoms with E-state index in [0.717, 1.165) is 0 Å². The molecule has 0 saturated heterocycles. The Kier molecular flexibility index (Phi) is 7.24. The normalized spacial score (nSPS) is 19.2. The van der Waals surface area contributed by atoms with Crippen molar-refractivity contribution in [3.8, 4) is 0 Å². The first kappa shape index (κ1) is 25.0. The van der Waals surface area contributed by atoms with Crippen LogP contribution < -0.4 is 5.32 Å². The third-order valence-corrected chi connectivity index (χ3v) is 7.28. The van der Waals surface area contributed by atoms with Crippen LogP contribution in [-0.4, -0.2) is 55.4 Å². The van der Waals surface area contributed by atoms with Crippen molar-refractivity contribution in [1.29, 1.82) is 0 Å². The van der Waals surface area contributed by atoms with Gasteiger partial charge in [0.1, 0.15) is 22.0 Å². The van der Waals surface area contributed by atoms with E-state index >= 15 is 0 Å². The molecule has 1 heterocycles. The van der Waals surface area contributed by atoms with Gasteiger partial charge in [-0.05, 0) is 42.7 Å². The van der Waals surface area contributed by atoms with Gasteiger partial charge in [0, 0.05) is 5.56 Å². The van der Waals surface area contributed by atoms with Crippen molar-refractivity contribution in [3.63, 3.8) is 0 Å². The van der Waals surface area contributed by atoms with Crippen LogP contribution in [-0.2, 0) is 10.2 Å². The van der Waals surface area contributed by atoms with Crippen molar-refractivity contribution < 1.29 is 23.4 Å². The Morgan fingerprint density at radius 3 is 2.41 bits per heavy atom. The van der Waals surface area contributed by atoms with Crippen molar-refractivity contribution in [2.75, 3.05) is 5.32 Å². The average molecular weight is 469 g/mol. The second kappa shape index (κ2) is 9.29. The van der Waals surface area contributed by atoms with Crippen LogP contribution in [0.2, 0.25) is 0 Å². The molecular weight excluding hydrogens is 442 g/mol. The number of rotatable bonds is 5. The summed E-state index contributed by atoms with van der Waals surface area (Å²) in [6.07, 6.45) is 2.42. The van der Waals surface area contributed by atoms with Gasteiger partial charge in [-0.3, -0.25) is 13.9 Å². The van der Waals surface area contributed by atoms with Gasteiger partial charge in [-0.1, -0.05) is 55.7 Å². The fourth-order valence-corrected chi connectivity index (χ4v) is 5.84. The Balaban J connectivity index is 0.00000289. The number of nitrogens with zero attached hydrogens (tertiary/aromatic N) is 1. The predicted octanol–water partition coefficient (Wildman–Crippen LogP) is 5.42. The number of aliphatic hydroxyl groups excluding tert-OH is 1. The Bertz CT molecular complexity index is 1130. The Morgan fingerprint density at radius 2 is 1.75 bits per heavy atom. The van der Waals surface area contributed by atoms with Crippen LogP contribution >= 0.6 is 10.8 Å². The van der Waals surface area contributed by atoms with Crippen molar-refractivity contribution in [2.24, 2.45) is 4.40 Å². The van der Waals surface area contributed by atoms with Crippen LogP contribution in [0.1, 0.15) is 50.7 Å². The predicted molar refractivity (Wildman–Crippen MR) is 128 cm³/mol. The molecule has 0 fully saturated rings. The monoisotopic (exact) mass is 468 g/mol. The zero-order chi connectivity index (χ0) is 22.4. The summed E-state index contributed by atoms with van der Waals surface area (Å²) < 4.78 is 39.4.